The third kappa shape index (κ3) is 4.54. The van der Waals surface area contributed by atoms with Gasteiger partial charge in [0.05, 0.1) is 5.56 Å². The zero-order chi connectivity index (χ0) is 21.3. The molecule has 30 heavy (non-hydrogen) atoms. The fourth-order valence-corrected chi connectivity index (χ4v) is 3.51. The Morgan fingerprint density at radius 3 is 2.37 bits per heavy atom. The quantitative estimate of drug-likeness (QED) is 0.327. The van der Waals surface area contributed by atoms with Gasteiger partial charge in [-0.05, 0) is 48.9 Å². The predicted molar refractivity (Wildman–Crippen MR) is 106 cm³/mol. The van der Waals surface area contributed by atoms with E-state index in [9.17, 15) is 17.6 Å². The summed E-state index contributed by atoms with van der Waals surface area (Å²) in [6.07, 6.45) is -4.35. The topological polar surface area (TPSA) is 55.1 Å². The number of aromatic nitrogens is 4. The van der Waals surface area contributed by atoms with Gasteiger partial charge in [0.15, 0.2) is 0 Å². The number of alkyl halides is 3. The molecule has 0 amide bonds. The molecule has 1 N–H and O–H groups in total. The van der Waals surface area contributed by atoms with E-state index in [0.29, 0.717) is 28.2 Å². The lowest BCUT2D eigenvalue weighted by Gasteiger charge is -2.08. The summed E-state index contributed by atoms with van der Waals surface area (Å²) in [6, 6.07) is 12.7. The molecule has 5 nitrogen and oxygen atoms in total. The number of nitrogens with zero attached hydrogens (tertiary/aromatic N) is 4. The van der Waals surface area contributed by atoms with Crippen LogP contribution in [0.15, 0.2) is 59.8 Å². The molecule has 0 unspecified atom stereocenters. The van der Waals surface area contributed by atoms with Crippen LogP contribution in [0, 0.1) is 12.7 Å². The molecule has 0 fully saturated rings. The lowest BCUT2D eigenvalue weighted by atomic mass is 10.1. The predicted octanol–water partition coefficient (Wildman–Crippen LogP) is 5.63. The van der Waals surface area contributed by atoms with Gasteiger partial charge >= 0.3 is 6.18 Å². The van der Waals surface area contributed by atoms with Gasteiger partial charge in [-0.25, -0.2) is 9.37 Å². The zero-order valence-electron chi connectivity index (χ0n) is 15.6. The van der Waals surface area contributed by atoms with Gasteiger partial charge in [0, 0.05) is 23.2 Å². The van der Waals surface area contributed by atoms with Crippen molar-refractivity contribution in [2.75, 3.05) is 5.32 Å². The first-order valence-electron chi connectivity index (χ1n) is 8.84. The molecular weight excluding hydrogens is 418 g/mol. The summed E-state index contributed by atoms with van der Waals surface area (Å²) < 4.78 is 52.7. The van der Waals surface area contributed by atoms with Gasteiger partial charge in [0.1, 0.15) is 11.6 Å². The SMILES string of the molecule is Cc1cc(Nc2ccc(F)cc2)n2nc(SCc3ccc(C(F)(F)F)cc3)nc2n1. The molecule has 0 bridgehead atoms. The Kier molecular flexibility index (Phi) is 5.33. The van der Waals surface area contributed by atoms with Crippen molar-refractivity contribution in [3.05, 3.63) is 77.2 Å². The number of fused-ring (bicyclic) bond motifs is 1. The van der Waals surface area contributed by atoms with Crippen LogP contribution in [-0.4, -0.2) is 19.6 Å². The van der Waals surface area contributed by atoms with E-state index in [4.69, 9.17) is 0 Å². The van der Waals surface area contributed by atoms with Gasteiger partial charge < -0.3 is 5.32 Å². The van der Waals surface area contributed by atoms with Crippen molar-refractivity contribution >= 4 is 29.0 Å². The minimum Gasteiger partial charge on any atom is -0.340 e. The van der Waals surface area contributed by atoms with Crippen LogP contribution in [0.2, 0.25) is 0 Å². The first kappa shape index (κ1) is 20.1. The van der Waals surface area contributed by atoms with Crippen LogP contribution < -0.4 is 5.32 Å². The van der Waals surface area contributed by atoms with Gasteiger partial charge in [0.2, 0.25) is 5.16 Å². The Bertz CT molecular complexity index is 1170. The Hall–Kier alpha value is -3.14. The van der Waals surface area contributed by atoms with Crippen molar-refractivity contribution in [1.82, 2.24) is 19.6 Å². The van der Waals surface area contributed by atoms with Crippen LogP contribution in [0.1, 0.15) is 16.8 Å². The van der Waals surface area contributed by atoms with E-state index >= 15 is 0 Å². The van der Waals surface area contributed by atoms with E-state index in [2.05, 4.69) is 20.4 Å². The minimum atomic E-state index is -4.35. The first-order valence-corrected chi connectivity index (χ1v) is 9.82. The van der Waals surface area contributed by atoms with E-state index in [1.165, 1.54) is 40.5 Å². The lowest BCUT2D eigenvalue weighted by molar-refractivity contribution is -0.137. The summed E-state index contributed by atoms with van der Waals surface area (Å²) in [4.78, 5) is 8.74. The Morgan fingerprint density at radius 2 is 1.70 bits per heavy atom. The molecule has 2 heterocycles. The highest BCUT2D eigenvalue weighted by molar-refractivity contribution is 7.98. The molecule has 0 aliphatic carbocycles. The Balaban J connectivity index is 1.53. The molecule has 0 aliphatic heterocycles. The Labute approximate surface area is 173 Å². The monoisotopic (exact) mass is 433 g/mol. The van der Waals surface area contributed by atoms with Crippen LogP contribution in [0.4, 0.5) is 29.1 Å². The highest BCUT2D eigenvalue weighted by Crippen LogP contribution is 2.30. The number of hydrogen-bond donors (Lipinski definition) is 1. The molecule has 4 rings (SSSR count). The van der Waals surface area contributed by atoms with E-state index in [0.717, 1.165) is 23.4 Å². The van der Waals surface area contributed by atoms with Gasteiger partial charge in [-0.3, -0.25) is 0 Å². The molecule has 0 aliphatic rings. The number of rotatable bonds is 5. The van der Waals surface area contributed by atoms with Crippen molar-refractivity contribution < 1.29 is 17.6 Å². The van der Waals surface area contributed by atoms with Crippen molar-refractivity contribution in [3.63, 3.8) is 0 Å². The summed E-state index contributed by atoms with van der Waals surface area (Å²) in [7, 11) is 0. The summed E-state index contributed by atoms with van der Waals surface area (Å²) in [5.41, 5.74) is 1.44. The highest BCUT2D eigenvalue weighted by Gasteiger charge is 2.29. The molecule has 0 spiro atoms. The molecular formula is C20H15F4N5S. The van der Waals surface area contributed by atoms with Crippen LogP contribution in [-0.2, 0) is 11.9 Å². The number of aryl methyl sites for hydroxylation is 1. The van der Waals surface area contributed by atoms with E-state index in [1.807, 2.05) is 6.92 Å². The summed E-state index contributed by atoms with van der Waals surface area (Å²) in [6.45, 7) is 1.82. The van der Waals surface area contributed by atoms with Gasteiger partial charge in [-0.1, -0.05) is 23.9 Å². The fourth-order valence-electron chi connectivity index (χ4n) is 2.74. The van der Waals surface area contributed by atoms with Gasteiger partial charge in [-0.15, -0.1) is 5.10 Å². The number of benzene rings is 2. The van der Waals surface area contributed by atoms with Crippen LogP contribution in [0.25, 0.3) is 5.78 Å². The maximum atomic E-state index is 13.1. The molecule has 4 aromatic rings. The lowest BCUT2D eigenvalue weighted by Crippen LogP contribution is -2.04. The van der Waals surface area contributed by atoms with Crippen molar-refractivity contribution in [3.8, 4) is 0 Å². The number of halogens is 4. The molecule has 0 saturated carbocycles. The maximum Gasteiger partial charge on any atom is 0.416 e. The Morgan fingerprint density at radius 1 is 1.00 bits per heavy atom. The number of anilines is 2. The average Bonchev–Trinajstić information content (AvgIpc) is 3.11. The summed E-state index contributed by atoms with van der Waals surface area (Å²) >= 11 is 1.29. The second-order valence-corrected chi connectivity index (χ2v) is 7.45. The largest absolute Gasteiger partial charge is 0.416 e. The number of hydrogen-bond acceptors (Lipinski definition) is 5. The first-order chi connectivity index (χ1) is 14.3. The van der Waals surface area contributed by atoms with Crippen molar-refractivity contribution in [2.45, 2.75) is 24.0 Å². The standard InChI is InChI=1S/C20H15F4N5S/c1-12-10-17(26-16-8-6-15(21)7-9-16)29-18(25-12)27-19(28-29)30-11-13-2-4-14(5-3-13)20(22,23)24/h2-10,26H,11H2,1H3. The number of thioether (sulfide) groups is 1. The van der Waals surface area contributed by atoms with Crippen LogP contribution in [0.5, 0.6) is 0 Å². The van der Waals surface area contributed by atoms with Crippen molar-refractivity contribution in [2.24, 2.45) is 0 Å². The van der Waals surface area contributed by atoms with Gasteiger partial charge in [-0.2, -0.15) is 22.7 Å². The number of nitrogens with one attached hydrogen (secondary N) is 1. The minimum absolute atomic E-state index is 0.334. The van der Waals surface area contributed by atoms with E-state index < -0.39 is 11.7 Å². The fraction of sp³-hybridized carbons (Fsp3) is 0.150. The summed E-state index contributed by atoms with van der Waals surface area (Å²) in [5.74, 6) is 1.07. The molecule has 10 heteroatoms. The molecule has 0 saturated heterocycles. The normalized spacial score (nSPS) is 11.8. The average molecular weight is 433 g/mol. The second-order valence-electron chi connectivity index (χ2n) is 6.50. The molecule has 0 atom stereocenters. The highest BCUT2D eigenvalue weighted by atomic mass is 32.2. The molecule has 0 radical (unpaired) electrons. The smallest absolute Gasteiger partial charge is 0.340 e. The third-order valence-electron chi connectivity index (χ3n) is 4.19. The van der Waals surface area contributed by atoms with Crippen LogP contribution >= 0.6 is 11.8 Å². The maximum absolute atomic E-state index is 13.1. The van der Waals surface area contributed by atoms with E-state index in [1.54, 1.807) is 18.2 Å². The van der Waals surface area contributed by atoms with Crippen molar-refractivity contribution in [1.29, 1.82) is 0 Å². The van der Waals surface area contributed by atoms with Crippen LogP contribution in [0.3, 0.4) is 0 Å². The zero-order valence-corrected chi connectivity index (χ0v) is 16.4. The van der Waals surface area contributed by atoms with Gasteiger partial charge in [0.25, 0.3) is 5.78 Å². The summed E-state index contributed by atoms with van der Waals surface area (Å²) in [5, 5.41) is 8.03. The molecule has 2 aromatic heterocycles. The third-order valence-corrected chi connectivity index (χ3v) is 5.10. The molecule has 154 valence electrons. The van der Waals surface area contributed by atoms with E-state index in [-0.39, 0.29) is 5.82 Å². The second kappa shape index (κ2) is 7.94. The molecule has 2 aromatic carbocycles.